The summed E-state index contributed by atoms with van der Waals surface area (Å²) in [6.45, 7) is 13.4. The summed E-state index contributed by atoms with van der Waals surface area (Å²) >= 11 is 0. The van der Waals surface area contributed by atoms with E-state index < -0.39 is 0 Å². The molecular formula is C13H28N4. The molecule has 0 bridgehead atoms. The SMILES string of the molecule is C=C(CC(CCN=C(N)N)NC(C)C)C(C)C. The Morgan fingerprint density at radius 3 is 2.24 bits per heavy atom. The number of nitrogens with one attached hydrogen (secondary N) is 1. The lowest BCUT2D eigenvalue weighted by Crippen LogP contribution is -2.36. The van der Waals surface area contributed by atoms with Crippen molar-refractivity contribution in [3.8, 4) is 0 Å². The molecular weight excluding hydrogens is 212 g/mol. The fraction of sp³-hybridized carbons (Fsp3) is 0.769. The molecule has 0 aliphatic heterocycles. The van der Waals surface area contributed by atoms with E-state index in [0.717, 1.165) is 12.8 Å². The molecule has 0 saturated carbocycles. The van der Waals surface area contributed by atoms with Crippen LogP contribution in [0.25, 0.3) is 0 Å². The first-order chi connectivity index (χ1) is 7.82. The lowest BCUT2D eigenvalue weighted by molar-refractivity contribution is 0.430. The fourth-order valence-electron chi connectivity index (χ4n) is 1.62. The summed E-state index contributed by atoms with van der Waals surface area (Å²) in [4.78, 5) is 4.03. The van der Waals surface area contributed by atoms with Crippen LogP contribution < -0.4 is 16.8 Å². The van der Waals surface area contributed by atoms with Crippen LogP contribution in [0, 0.1) is 5.92 Å². The van der Waals surface area contributed by atoms with Gasteiger partial charge >= 0.3 is 0 Å². The lowest BCUT2D eigenvalue weighted by Gasteiger charge is -2.23. The molecule has 0 heterocycles. The molecule has 1 atom stereocenters. The topological polar surface area (TPSA) is 76.4 Å². The van der Waals surface area contributed by atoms with Gasteiger partial charge in [0.25, 0.3) is 0 Å². The average Bonchev–Trinajstić information content (AvgIpc) is 2.15. The molecule has 17 heavy (non-hydrogen) atoms. The van der Waals surface area contributed by atoms with Gasteiger partial charge in [0.05, 0.1) is 0 Å². The van der Waals surface area contributed by atoms with Crippen molar-refractivity contribution in [3.05, 3.63) is 12.2 Å². The minimum atomic E-state index is 0.163. The highest BCUT2D eigenvalue weighted by molar-refractivity contribution is 5.75. The Bertz CT molecular complexity index is 252. The molecule has 0 rings (SSSR count). The maximum atomic E-state index is 5.32. The van der Waals surface area contributed by atoms with Gasteiger partial charge in [0, 0.05) is 18.6 Å². The summed E-state index contributed by atoms with van der Waals surface area (Å²) in [6, 6.07) is 0.854. The van der Waals surface area contributed by atoms with E-state index in [0.29, 0.717) is 24.5 Å². The van der Waals surface area contributed by atoms with Crippen LogP contribution in [0.4, 0.5) is 0 Å². The van der Waals surface area contributed by atoms with E-state index >= 15 is 0 Å². The van der Waals surface area contributed by atoms with Gasteiger partial charge in [-0.2, -0.15) is 0 Å². The molecule has 4 heteroatoms. The first-order valence-corrected chi connectivity index (χ1v) is 6.32. The molecule has 0 aromatic carbocycles. The number of nitrogens with two attached hydrogens (primary N) is 2. The Morgan fingerprint density at radius 2 is 1.82 bits per heavy atom. The maximum absolute atomic E-state index is 5.32. The largest absolute Gasteiger partial charge is 0.370 e. The second-order valence-corrected chi connectivity index (χ2v) is 5.13. The van der Waals surface area contributed by atoms with E-state index in [9.17, 15) is 0 Å². The highest BCUT2D eigenvalue weighted by atomic mass is 15.0. The van der Waals surface area contributed by atoms with Gasteiger partial charge in [-0.3, -0.25) is 4.99 Å². The molecule has 100 valence electrons. The van der Waals surface area contributed by atoms with Crippen LogP contribution in [0.5, 0.6) is 0 Å². The molecule has 4 nitrogen and oxygen atoms in total. The first kappa shape index (κ1) is 16.0. The second-order valence-electron chi connectivity index (χ2n) is 5.13. The van der Waals surface area contributed by atoms with Gasteiger partial charge in [-0.05, 0) is 18.8 Å². The van der Waals surface area contributed by atoms with Gasteiger partial charge in [-0.15, -0.1) is 0 Å². The van der Waals surface area contributed by atoms with Crippen LogP contribution in [-0.4, -0.2) is 24.6 Å². The fourth-order valence-corrected chi connectivity index (χ4v) is 1.62. The van der Waals surface area contributed by atoms with Crippen molar-refractivity contribution < 1.29 is 0 Å². The molecule has 0 saturated heterocycles. The molecule has 0 aromatic rings. The molecule has 0 radical (unpaired) electrons. The smallest absolute Gasteiger partial charge is 0.185 e. The van der Waals surface area contributed by atoms with Gasteiger partial charge in [0.15, 0.2) is 5.96 Å². The van der Waals surface area contributed by atoms with Gasteiger partial charge in [-0.25, -0.2) is 0 Å². The molecule has 0 spiro atoms. The quantitative estimate of drug-likeness (QED) is 0.343. The summed E-state index contributed by atoms with van der Waals surface area (Å²) in [5.41, 5.74) is 11.9. The van der Waals surface area contributed by atoms with Crippen molar-refractivity contribution >= 4 is 5.96 Å². The Kier molecular flexibility index (Phi) is 7.63. The van der Waals surface area contributed by atoms with Crippen molar-refractivity contribution in [1.29, 1.82) is 0 Å². The predicted molar refractivity (Wildman–Crippen MR) is 75.9 cm³/mol. The zero-order valence-corrected chi connectivity index (χ0v) is 11.7. The van der Waals surface area contributed by atoms with E-state index in [1.807, 2.05) is 0 Å². The summed E-state index contributed by atoms with van der Waals surface area (Å²) in [7, 11) is 0. The van der Waals surface area contributed by atoms with Gasteiger partial charge < -0.3 is 16.8 Å². The molecule has 0 aromatic heterocycles. The van der Waals surface area contributed by atoms with Crippen LogP contribution in [0.15, 0.2) is 17.1 Å². The minimum absolute atomic E-state index is 0.163. The van der Waals surface area contributed by atoms with Crippen molar-refractivity contribution in [2.24, 2.45) is 22.4 Å². The number of aliphatic imine (C=N–C) groups is 1. The standard InChI is InChI=1S/C13H28N4/c1-9(2)11(5)8-12(17-10(3)4)6-7-16-13(14)15/h9-10,12,17H,5-8H2,1-4H3,(H4,14,15,16). The normalized spacial score (nSPS) is 12.8. The van der Waals surface area contributed by atoms with Crippen molar-refractivity contribution in [2.75, 3.05) is 6.54 Å². The van der Waals surface area contributed by atoms with Gasteiger partial charge in [-0.1, -0.05) is 39.8 Å². The van der Waals surface area contributed by atoms with Gasteiger partial charge in [0.1, 0.15) is 0 Å². The van der Waals surface area contributed by atoms with Crippen LogP contribution >= 0.6 is 0 Å². The number of hydrogen-bond acceptors (Lipinski definition) is 2. The van der Waals surface area contributed by atoms with E-state index in [2.05, 4.69) is 44.6 Å². The Morgan fingerprint density at radius 1 is 1.24 bits per heavy atom. The summed E-state index contributed by atoms with van der Waals surface area (Å²) in [6.07, 6.45) is 1.91. The minimum Gasteiger partial charge on any atom is -0.370 e. The van der Waals surface area contributed by atoms with Crippen molar-refractivity contribution in [2.45, 2.75) is 52.6 Å². The Labute approximate surface area is 106 Å². The van der Waals surface area contributed by atoms with E-state index in [4.69, 9.17) is 11.5 Å². The Balaban J connectivity index is 4.23. The zero-order chi connectivity index (χ0) is 13.4. The van der Waals surface area contributed by atoms with Crippen LogP contribution in [-0.2, 0) is 0 Å². The molecule has 0 aliphatic rings. The second kappa shape index (κ2) is 8.12. The molecule has 0 amide bonds. The number of hydrogen-bond donors (Lipinski definition) is 3. The third kappa shape index (κ3) is 8.74. The van der Waals surface area contributed by atoms with Crippen molar-refractivity contribution in [3.63, 3.8) is 0 Å². The highest BCUT2D eigenvalue weighted by Gasteiger charge is 2.12. The molecule has 1 unspecified atom stereocenters. The zero-order valence-electron chi connectivity index (χ0n) is 11.7. The summed E-state index contributed by atoms with van der Waals surface area (Å²) in [5, 5.41) is 3.53. The van der Waals surface area contributed by atoms with Crippen molar-refractivity contribution in [1.82, 2.24) is 5.32 Å². The third-order valence-corrected chi connectivity index (χ3v) is 2.67. The summed E-state index contributed by atoms with van der Waals surface area (Å²) < 4.78 is 0. The monoisotopic (exact) mass is 240 g/mol. The lowest BCUT2D eigenvalue weighted by atomic mass is 9.96. The average molecular weight is 240 g/mol. The molecule has 0 fully saturated rings. The third-order valence-electron chi connectivity index (χ3n) is 2.67. The van der Waals surface area contributed by atoms with E-state index in [1.54, 1.807) is 0 Å². The first-order valence-electron chi connectivity index (χ1n) is 6.32. The van der Waals surface area contributed by atoms with E-state index in [1.165, 1.54) is 5.57 Å². The van der Waals surface area contributed by atoms with Crippen LogP contribution in [0.2, 0.25) is 0 Å². The van der Waals surface area contributed by atoms with Crippen LogP contribution in [0.3, 0.4) is 0 Å². The van der Waals surface area contributed by atoms with Crippen LogP contribution in [0.1, 0.15) is 40.5 Å². The molecule has 5 N–H and O–H groups in total. The van der Waals surface area contributed by atoms with Gasteiger partial charge in [0.2, 0.25) is 0 Å². The molecule has 0 aliphatic carbocycles. The summed E-state index contributed by atoms with van der Waals surface area (Å²) in [5.74, 6) is 0.686. The maximum Gasteiger partial charge on any atom is 0.185 e. The number of rotatable bonds is 8. The predicted octanol–water partition coefficient (Wildman–Crippen LogP) is 1.62. The number of nitrogens with zero attached hydrogens (tertiary/aromatic N) is 1. The Hall–Kier alpha value is -1.03. The number of guanidine groups is 1. The highest BCUT2D eigenvalue weighted by Crippen LogP contribution is 2.15. The van der Waals surface area contributed by atoms with E-state index in [-0.39, 0.29) is 5.96 Å².